The first-order valence-electron chi connectivity index (χ1n) is 8.12. The number of aromatic nitrogens is 4. The van der Waals surface area contributed by atoms with Crippen molar-refractivity contribution in [1.29, 1.82) is 0 Å². The van der Waals surface area contributed by atoms with Crippen LogP contribution in [-0.2, 0) is 7.05 Å². The zero-order valence-electron chi connectivity index (χ0n) is 13.8. The largest absolute Gasteiger partial charge is 0.368 e. The van der Waals surface area contributed by atoms with Crippen LogP contribution in [0.15, 0.2) is 46.5 Å². The van der Waals surface area contributed by atoms with Gasteiger partial charge < -0.3 is 19.4 Å². The standard InChI is InChI=1S/C17H18N6O2/c1-21-11-20-14-10-12(2-3-13(14)17(21)25)22-6-8-23(9-7-22)15-16(24)19-5-4-18-15/h2-5,10-11H,6-9H2,1H3,(H,19,24). The predicted octanol–water partition coefficient (Wildman–Crippen LogP) is 0.343. The Hall–Kier alpha value is -3.16. The molecule has 1 N–H and O–H groups in total. The monoisotopic (exact) mass is 338 g/mol. The number of hydrogen-bond donors (Lipinski definition) is 1. The Balaban J connectivity index is 1.56. The summed E-state index contributed by atoms with van der Waals surface area (Å²) in [7, 11) is 1.70. The second-order valence-electron chi connectivity index (χ2n) is 6.08. The van der Waals surface area contributed by atoms with E-state index in [0.717, 1.165) is 18.8 Å². The molecule has 128 valence electrons. The Labute approximate surface area is 143 Å². The van der Waals surface area contributed by atoms with Crippen LogP contribution in [-0.4, -0.2) is 45.7 Å². The van der Waals surface area contributed by atoms with Crippen LogP contribution in [0.1, 0.15) is 0 Å². The van der Waals surface area contributed by atoms with Crippen molar-refractivity contribution in [2.45, 2.75) is 0 Å². The van der Waals surface area contributed by atoms with Gasteiger partial charge in [0.05, 0.1) is 17.2 Å². The van der Waals surface area contributed by atoms with Gasteiger partial charge in [0.2, 0.25) is 0 Å². The molecule has 1 saturated heterocycles. The lowest BCUT2D eigenvalue weighted by Gasteiger charge is -2.36. The van der Waals surface area contributed by atoms with Gasteiger partial charge in [0.15, 0.2) is 5.82 Å². The normalized spacial score (nSPS) is 14.9. The Morgan fingerprint density at radius 1 is 1.04 bits per heavy atom. The highest BCUT2D eigenvalue weighted by Crippen LogP contribution is 2.21. The highest BCUT2D eigenvalue weighted by atomic mass is 16.1. The summed E-state index contributed by atoms with van der Waals surface area (Å²) in [4.78, 5) is 39.4. The Kier molecular flexibility index (Phi) is 3.72. The summed E-state index contributed by atoms with van der Waals surface area (Å²) in [6, 6.07) is 5.73. The van der Waals surface area contributed by atoms with E-state index in [2.05, 4.69) is 19.9 Å². The Morgan fingerprint density at radius 3 is 2.56 bits per heavy atom. The lowest BCUT2D eigenvalue weighted by atomic mass is 10.2. The number of piperazine rings is 1. The first-order valence-corrected chi connectivity index (χ1v) is 8.12. The van der Waals surface area contributed by atoms with E-state index >= 15 is 0 Å². The van der Waals surface area contributed by atoms with Gasteiger partial charge in [-0.25, -0.2) is 9.97 Å². The van der Waals surface area contributed by atoms with Gasteiger partial charge in [0.25, 0.3) is 11.1 Å². The van der Waals surface area contributed by atoms with Crippen molar-refractivity contribution in [3.63, 3.8) is 0 Å². The fourth-order valence-electron chi connectivity index (χ4n) is 3.14. The molecule has 0 unspecified atom stereocenters. The van der Waals surface area contributed by atoms with Crippen LogP contribution >= 0.6 is 0 Å². The maximum Gasteiger partial charge on any atom is 0.290 e. The van der Waals surface area contributed by atoms with Crippen molar-refractivity contribution >= 4 is 22.4 Å². The third-order valence-electron chi connectivity index (χ3n) is 4.54. The lowest BCUT2D eigenvalue weighted by Crippen LogP contribution is -2.48. The second kappa shape index (κ2) is 6.04. The predicted molar refractivity (Wildman–Crippen MR) is 96.3 cm³/mol. The van der Waals surface area contributed by atoms with Gasteiger partial charge in [0.1, 0.15) is 0 Å². The summed E-state index contributed by atoms with van der Waals surface area (Å²) in [5.41, 5.74) is 1.52. The lowest BCUT2D eigenvalue weighted by molar-refractivity contribution is 0.644. The SMILES string of the molecule is Cn1cnc2cc(N3CCN(c4ncc[nH]c4=O)CC3)ccc2c1=O. The number of H-pyrrole nitrogens is 1. The molecule has 8 nitrogen and oxygen atoms in total. The third kappa shape index (κ3) is 2.75. The summed E-state index contributed by atoms with van der Waals surface area (Å²) in [5, 5.41) is 0.618. The Morgan fingerprint density at radius 2 is 1.80 bits per heavy atom. The summed E-state index contributed by atoms with van der Waals surface area (Å²) in [6.07, 6.45) is 4.67. The highest BCUT2D eigenvalue weighted by molar-refractivity contribution is 5.81. The Bertz CT molecular complexity index is 1030. The topological polar surface area (TPSA) is 87.1 Å². The third-order valence-corrected chi connectivity index (χ3v) is 4.54. The van der Waals surface area contributed by atoms with Crippen molar-refractivity contribution in [3.8, 4) is 0 Å². The minimum atomic E-state index is -0.165. The van der Waals surface area contributed by atoms with Crippen LogP contribution < -0.4 is 20.9 Å². The summed E-state index contributed by atoms with van der Waals surface area (Å²) < 4.78 is 1.48. The average molecular weight is 338 g/mol. The van der Waals surface area contributed by atoms with Crippen molar-refractivity contribution < 1.29 is 0 Å². The van der Waals surface area contributed by atoms with Crippen molar-refractivity contribution in [3.05, 3.63) is 57.6 Å². The van der Waals surface area contributed by atoms with E-state index in [0.29, 0.717) is 29.8 Å². The molecule has 3 aromatic rings. The number of hydrogen-bond acceptors (Lipinski definition) is 6. The number of nitrogens with zero attached hydrogens (tertiary/aromatic N) is 5. The number of anilines is 2. The maximum atomic E-state index is 12.1. The molecule has 8 heteroatoms. The van der Waals surface area contributed by atoms with Gasteiger partial charge in [-0.05, 0) is 18.2 Å². The van der Waals surface area contributed by atoms with E-state index in [4.69, 9.17) is 0 Å². The number of aryl methyl sites for hydroxylation is 1. The summed E-state index contributed by atoms with van der Waals surface area (Å²) in [6.45, 7) is 2.96. The van der Waals surface area contributed by atoms with Crippen molar-refractivity contribution in [2.24, 2.45) is 7.05 Å². The minimum absolute atomic E-state index is 0.0456. The number of nitrogens with one attached hydrogen (secondary N) is 1. The molecular formula is C17H18N6O2. The van der Waals surface area contributed by atoms with Crippen LogP contribution in [0.5, 0.6) is 0 Å². The van der Waals surface area contributed by atoms with Gasteiger partial charge in [-0.1, -0.05) is 0 Å². The molecule has 1 aromatic carbocycles. The molecule has 0 amide bonds. The first kappa shape index (κ1) is 15.4. The van der Waals surface area contributed by atoms with Crippen molar-refractivity contribution in [2.75, 3.05) is 36.0 Å². The molecule has 1 aliphatic heterocycles. The van der Waals surface area contributed by atoms with Crippen LogP contribution in [0.2, 0.25) is 0 Å². The molecule has 0 saturated carbocycles. The van der Waals surface area contributed by atoms with Gasteiger partial charge in [-0.3, -0.25) is 9.59 Å². The summed E-state index contributed by atoms with van der Waals surface area (Å²) >= 11 is 0. The summed E-state index contributed by atoms with van der Waals surface area (Å²) in [5.74, 6) is 0.464. The smallest absolute Gasteiger partial charge is 0.290 e. The van der Waals surface area contributed by atoms with Crippen LogP contribution in [0.3, 0.4) is 0 Å². The average Bonchev–Trinajstić information content (AvgIpc) is 2.65. The van der Waals surface area contributed by atoms with E-state index in [1.165, 1.54) is 10.8 Å². The van der Waals surface area contributed by atoms with Gasteiger partial charge in [-0.15, -0.1) is 0 Å². The molecule has 0 aliphatic carbocycles. The van der Waals surface area contributed by atoms with Crippen LogP contribution in [0.25, 0.3) is 10.9 Å². The zero-order valence-corrected chi connectivity index (χ0v) is 13.8. The number of aromatic amines is 1. The molecule has 1 fully saturated rings. The molecule has 0 atom stereocenters. The van der Waals surface area contributed by atoms with Crippen LogP contribution in [0.4, 0.5) is 11.5 Å². The molecule has 3 heterocycles. The van der Waals surface area contributed by atoms with E-state index in [-0.39, 0.29) is 11.1 Å². The second-order valence-corrected chi connectivity index (χ2v) is 6.08. The first-order chi connectivity index (χ1) is 12.1. The fourth-order valence-corrected chi connectivity index (χ4v) is 3.14. The minimum Gasteiger partial charge on any atom is -0.368 e. The molecule has 1 aliphatic rings. The molecule has 0 spiro atoms. The quantitative estimate of drug-likeness (QED) is 0.725. The van der Waals surface area contributed by atoms with Gasteiger partial charge in [-0.2, -0.15) is 0 Å². The number of benzene rings is 1. The van der Waals surface area contributed by atoms with Gasteiger partial charge >= 0.3 is 0 Å². The fraction of sp³-hybridized carbons (Fsp3) is 0.294. The van der Waals surface area contributed by atoms with Crippen LogP contribution in [0, 0.1) is 0 Å². The molecule has 0 bridgehead atoms. The molecule has 25 heavy (non-hydrogen) atoms. The van der Waals surface area contributed by atoms with Gasteiger partial charge in [0, 0.05) is 51.3 Å². The molecular weight excluding hydrogens is 320 g/mol. The molecule has 2 aromatic heterocycles. The van der Waals surface area contributed by atoms with E-state index in [1.54, 1.807) is 19.6 Å². The van der Waals surface area contributed by atoms with E-state index < -0.39 is 0 Å². The number of rotatable bonds is 2. The maximum absolute atomic E-state index is 12.1. The number of fused-ring (bicyclic) bond motifs is 1. The zero-order chi connectivity index (χ0) is 17.4. The molecule has 0 radical (unpaired) electrons. The highest BCUT2D eigenvalue weighted by Gasteiger charge is 2.20. The van der Waals surface area contributed by atoms with E-state index in [1.807, 2.05) is 23.1 Å². The molecule has 4 rings (SSSR count). The van der Waals surface area contributed by atoms with Crippen molar-refractivity contribution in [1.82, 2.24) is 19.5 Å². The van der Waals surface area contributed by atoms with E-state index in [9.17, 15) is 9.59 Å².